The molecule has 3 amide bonds. The Morgan fingerprint density at radius 3 is 2.35 bits per heavy atom. The average Bonchev–Trinajstić information content (AvgIpc) is 2.53. The fourth-order valence-corrected chi connectivity index (χ4v) is 1.98. The number of nitrogens with two attached hydrogens (primary N) is 2. The number of anilines is 2. The second kappa shape index (κ2) is 7.08. The quantitative estimate of drug-likeness (QED) is 0.632. The Bertz CT molecular complexity index is 758. The van der Waals surface area contributed by atoms with E-state index in [0.29, 0.717) is 22.5 Å². The van der Waals surface area contributed by atoms with Gasteiger partial charge in [0.05, 0.1) is 12.1 Å². The lowest BCUT2D eigenvalue weighted by Crippen LogP contribution is -2.23. The summed E-state index contributed by atoms with van der Waals surface area (Å²) in [5.74, 6) is -1.50. The SMILES string of the molecule is NC(=O)c1cccc(NC(=O)CNc2ccccc2C(N)=O)c1. The zero-order chi connectivity index (χ0) is 16.8. The van der Waals surface area contributed by atoms with Crippen LogP contribution in [0.1, 0.15) is 20.7 Å². The zero-order valence-corrected chi connectivity index (χ0v) is 12.2. The molecule has 0 saturated carbocycles. The maximum absolute atomic E-state index is 11.9. The second-order valence-corrected chi connectivity index (χ2v) is 4.76. The van der Waals surface area contributed by atoms with Crippen molar-refractivity contribution >= 4 is 29.1 Å². The molecule has 0 bridgehead atoms. The van der Waals surface area contributed by atoms with Crippen LogP contribution in [0.3, 0.4) is 0 Å². The van der Waals surface area contributed by atoms with Gasteiger partial charge in [0.1, 0.15) is 0 Å². The summed E-state index contributed by atoms with van der Waals surface area (Å²) in [7, 11) is 0. The lowest BCUT2D eigenvalue weighted by molar-refractivity contribution is -0.114. The van der Waals surface area contributed by atoms with Gasteiger partial charge in [0, 0.05) is 16.9 Å². The minimum Gasteiger partial charge on any atom is -0.376 e. The van der Waals surface area contributed by atoms with Gasteiger partial charge in [-0.3, -0.25) is 14.4 Å². The highest BCUT2D eigenvalue weighted by molar-refractivity contribution is 6.00. The second-order valence-electron chi connectivity index (χ2n) is 4.76. The van der Waals surface area contributed by atoms with E-state index < -0.39 is 11.8 Å². The van der Waals surface area contributed by atoms with E-state index in [4.69, 9.17) is 11.5 Å². The monoisotopic (exact) mass is 312 g/mol. The average molecular weight is 312 g/mol. The molecule has 0 aliphatic rings. The fraction of sp³-hybridized carbons (Fsp3) is 0.0625. The van der Waals surface area contributed by atoms with Crippen LogP contribution in [0.2, 0.25) is 0 Å². The fourth-order valence-electron chi connectivity index (χ4n) is 1.98. The third-order valence-electron chi connectivity index (χ3n) is 3.06. The van der Waals surface area contributed by atoms with Crippen molar-refractivity contribution in [3.8, 4) is 0 Å². The summed E-state index contributed by atoms with van der Waals surface area (Å²) in [5.41, 5.74) is 12.0. The van der Waals surface area contributed by atoms with Crippen LogP contribution < -0.4 is 22.1 Å². The van der Waals surface area contributed by atoms with E-state index in [-0.39, 0.29) is 12.5 Å². The minimum absolute atomic E-state index is 0.0644. The minimum atomic E-state index is -0.581. The number of hydrogen-bond donors (Lipinski definition) is 4. The predicted octanol–water partition coefficient (Wildman–Crippen LogP) is 0.935. The van der Waals surface area contributed by atoms with E-state index >= 15 is 0 Å². The Hall–Kier alpha value is -3.35. The van der Waals surface area contributed by atoms with Gasteiger partial charge in [0.2, 0.25) is 11.8 Å². The summed E-state index contributed by atoms with van der Waals surface area (Å²) >= 11 is 0. The van der Waals surface area contributed by atoms with E-state index in [1.165, 1.54) is 6.07 Å². The van der Waals surface area contributed by atoms with E-state index in [9.17, 15) is 14.4 Å². The molecule has 7 heteroatoms. The maximum atomic E-state index is 11.9. The molecular formula is C16H16N4O3. The van der Waals surface area contributed by atoms with Gasteiger partial charge in [-0.15, -0.1) is 0 Å². The molecule has 0 aliphatic carbocycles. The predicted molar refractivity (Wildman–Crippen MR) is 87.0 cm³/mol. The molecule has 0 spiro atoms. The van der Waals surface area contributed by atoms with Crippen LogP contribution in [0, 0.1) is 0 Å². The number of rotatable bonds is 6. The lowest BCUT2D eigenvalue weighted by atomic mass is 10.1. The lowest BCUT2D eigenvalue weighted by Gasteiger charge is -2.10. The highest BCUT2D eigenvalue weighted by Crippen LogP contribution is 2.14. The standard InChI is InChI=1S/C16H16N4O3/c17-15(22)10-4-3-5-11(8-10)20-14(21)9-19-13-7-2-1-6-12(13)16(18)23/h1-8,19H,9H2,(H2,17,22)(H2,18,23)(H,20,21). The first-order valence-corrected chi connectivity index (χ1v) is 6.80. The molecule has 0 aliphatic heterocycles. The van der Waals surface area contributed by atoms with Gasteiger partial charge in [0.25, 0.3) is 5.91 Å². The van der Waals surface area contributed by atoms with Gasteiger partial charge in [-0.05, 0) is 30.3 Å². The summed E-state index contributed by atoms with van der Waals surface area (Å²) in [6.45, 7) is -0.0644. The molecule has 23 heavy (non-hydrogen) atoms. The van der Waals surface area contributed by atoms with Crippen molar-refractivity contribution in [2.45, 2.75) is 0 Å². The number of benzene rings is 2. The molecule has 0 fully saturated rings. The van der Waals surface area contributed by atoms with Crippen molar-refractivity contribution in [1.29, 1.82) is 0 Å². The Kier molecular flexibility index (Phi) is 4.93. The topological polar surface area (TPSA) is 127 Å². The summed E-state index contributed by atoms with van der Waals surface area (Å²) in [5, 5.41) is 5.48. The largest absolute Gasteiger partial charge is 0.376 e. The number of primary amides is 2. The molecule has 0 heterocycles. The number of para-hydroxylation sites is 1. The molecule has 2 rings (SSSR count). The molecule has 0 unspecified atom stereocenters. The van der Waals surface area contributed by atoms with Gasteiger partial charge < -0.3 is 22.1 Å². The van der Waals surface area contributed by atoms with Gasteiger partial charge in [0.15, 0.2) is 0 Å². The molecule has 0 atom stereocenters. The normalized spacial score (nSPS) is 9.91. The van der Waals surface area contributed by atoms with Crippen molar-refractivity contribution < 1.29 is 14.4 Å². The molecule has 0 aromatic heterocycles. The summed E-state index contributed by atoms with van der Waals surface area (Å²) in [6, 6.07) is 12.9. The third-order valence-corrected chi connectivity index (χ3v) is 3.06. The molecular weight excluding hydrogens is 296 g/mol. The van der Waals surface area contributed by atoms with E-state index in [1.54, 1.807) is 42.5 Å². The third kappa shape index (κ3) is 4.31. The first kappa shape index (κ1) is 16.0. The van der Waals surface area contributed by atoms with E-state index in [0.717, 1.165) is 0 Å². The van der Waals surface area contributed by atoms with Crippen molar-refractivity contribution in [1.82, 2.24) is 0 Å². The molecule has 118 valence electrons. The highest BCUT2D eigenvalue weighted by atomic mass is 16.2. The Morgan fingerprint density at radius 1 is 0.913 bits per heavy atom. The molecule has 2 aromatic rings. The highest BCUT2D eigenvalue weighted by Gasteiger charge is 2.09. The van der Waals surface area contributed by atoms with Gasteiger partial charge in [-0.2, -0.15) is 0 Å². The summed E-state index contributed by atoms with van der Waals surface area (Å²) in [6.07, 6.45) is 0. The van der Waals surface area contributed by atoms with Crippen molar-refractivity contribution in [2.75, 3.05) is 17.2 Å². The molecule has 0 radical (unpaired) electrons. The number of amides is 3. The van der Waals surface area contributed by atoms with E-state index in [1.807, 2.05) is 0 Å². The first-order chi connectivity index (χ1) is 11.0. The molecule has 6 N–H and O–H groups in total. The van der Waals surface area contributed by atoms with Crippen molar-refractivity contribution in [3.63, 3.8) is 0 Å². The van der Waals surface area contributed by atoms with Crippen LogP contribution >= 0.6 is 0 Å². The zero-order valence-electron chi connectivity index (χ0n) is 12.2. The van der Waals surface area contributed by atoms with E-state index in [2.05, 4.69) is 10.6 Å². The Morgan fingerprint density at radius 2 is 1.65 bits per heavy atom. The van der Waals surface area contributed by atoms with Gasteiger partial charge in [-0.1, -0.05) is 18.2 Å². The molecule has 2 aromatic carbocycles. The van der Waals surface area contributed by atoms with Crippen LogP contribution in [-0.4, -0.2) is 24.3 Å². The van der Waals surface area contributed by atoms with Crippen LogP contribution in [0.4, 0.5) is 11.4 Å². The summed E-state index contributed by atoms with van der Waals surface area (Å²) < 4.78 is 0. The molecule has 7 nitrogen and oxygen atoms in total. The van der Waals surface area contributed by atoms with Crippen LogP contribution in [-0.2, 0) is 4.79 Å². The number of carbonyl (C=O) groups is 3. The van der Waals surface area contributed by atoms with Gasteiger partial charge in [-0.25, -0.2) is 0 Å². The van der Waals surface area contributed by atoms with Crippen molar-refractivity contribution in [2.24, 2.45) is 11.5 Å². The Balaban J connectivity index is 2.00. The Labute approximate surface area is 132 Å². The first-order valence-electron chi connectivity index (χ1n) is 6.80. The van der Waals surface area contributed by atoms with Crippen LogP contribution in [0.5, 0.6) is 0 Å². The smallest absolute Gasteiger partial charge is 0.250 e. The number of hydrogen-bond acceptors (Lipinski definition) is 4. The van der Waals surface area contributed by atoms with Gasteiger partial charge >= 0.3 is 0 Å². The summed E-state index contributed by atoms with van der Waals surface area (Å²) in [4.78, 5) is 34.3. The maximum Gasteiger partial charge on any atom is 0.250 e. The number of nitrogens with one attached hydrogen (secondary N) is 2. The number of carbonyl (C=O) groups excluding carboxylic acids is 3. The van der Waals surface area contributed by atoms with Crippen molar-refractivity contribution in [3.05, 3.63) is 59.7 Å². The van der Waals surface area contributed by atoms with Crippen LogP contribution in [0.15, 0.2) is 48.5 Å². The molecule has 0 saturated heterocycles. The van der Waals surface area contributed by atoms with Crippen LogP contribution in [0.25, 0.3) is 0 Å².